The largest absolute Gasteiger partial charge is 0.444 e. The summed E-state index contributed by atoms with van der Waals surface area (Å²) in [6, 6.07) is 7.28. The normalized spacial score (nSPS) is 17.2. The Labute approximate surface area is 292 Å². The number of aromatic nitrogens is 2. The number of hydrogen-bond acceptors (Lipinski definition) is 6. The molecule has 2 aromatic heterocycles. The van der Waals surface area contributed by atoms with E-state index in [-0.39, 0.29) is 18.0 Å². The summed E-state index contributed by atoms with van der Waals surface area (Å²) in [6.45, 7) is 25.0. The highest BCUT2D eigenvalue weighted by atomic mass is 19.1. The van der Waals surface area contributed by atoms with Crippen molar-refractivity contribution in [3.8, 4) is 11.1 Å². The van der Waals surface area contributed by atoms with E-state index in [2.05, 4.69) is 45.3 Å². The van der Waals surface area contributed by atoms with Crippen LogP contribution < -0.4 is 0 Å². The predicted octanol–water partition coefficient (Wildman–Crippen LogP) is 7.08. The van der Waals surface area contributed by atoms with Crippen LogP contribution in [0.2, 0.25) is 0 Å². The molecule has 10 heteroatoms. The Hall–Kier alpha value is -3.50. The number of nitrogens with zero attached hydrogens (tertiary/aromatic N) is 6. The zero-order chi connectivity index (χ0) is 35.6. The van der Waals surface area contributed by atoms with E-state index in [0.717, 1.165) is 68.0 Å². The van der Waals surface area contributed by atoms with Gasteiger partial charge in [0, 0.05) is 75.6 Å². The fraction of sp³-hybridized carbons (Fsp3) is 0.615. The predicted molar refractivity (Wildman–Crippen MR) is 194 cm³/mol. The lowest BCUT2D eigenvalue weighted by Crippen LogP contribution is -2.53. The van der Waals surface area contributed by atoms with Gasteiger partial charge in [0.05, 0.1) is 17.3 Å². The van der Waals surface area contributed by atoms with Crippen LogP contribution in [0.4, 0.5) is 9.18 Å². The number of piperazine rings is 1. The first-order valence-corrected chi connectivity index (χ1v) is 18.2. The van der Waals surface area contributed by atoms with Gasteiger partial charge in [-0.25, -0.2) is 14.2 Å². The third-order valence-electron chi connectivity index (χ3n) is 10.2. The van der Waals surface area contributed by atoms with Gasteiger partial charge in [-0.05, 0) is 103 Å². The summed E-state index contributed by atoms with van der Waals surface area (Å²) in [5.74, 6) is 1.20. The maximum Gasteiger partial charge on any atom is 0.410 e. The Morgan fingerprint density at radius 1 is 1.04 bits per heavy atom. The van der Waals surface area contributed by atoms with Crippen LogP contribution >= 0.6 is 0 Å². The fourth-order valence-corrected chi connectivity index (χ4v) is 7.44. The molecule has 1 aromatic carbocycles. The van der Waals surface area contributed by atoms with Crippen molar-refractivity contribution in [1.29, 1.82) is 0 Å². The Morgan fingerprint density at radius 2 is 1.73 bits per heavy atom. The lowest BCUT2D eigenvalue weighted by atomic mass is 9.85. The van der Waals surface area contributed by atoms with Crippen molar-refractivity contribution in [2.75, 3.05) is 52.4 Å². The topological polar surface area (TPSA) is 73.6 Å². The van der Waals surface area contributed by atoms with Crippen LogP contribution in [0, 0.1) is 18.7 Å². The number of amides is 2. The van der Waals surface area contributed by atoms with Gasteiger partial charge in [0.15, 0.2) is 0 Å². The van der Waals surface area contributed by atoms with Gasteiger partial charge in [0.25, 0.3) is 5.91 Å². The lowest BCUT2D eigenvalue weighted by Gasteiger charge is -2.46. The number of halogens is 1. The highest BCUT2D eigenvalue weighted by molar-refractivity contribution is 6.03. The van der Waals surface area contributed by atoms with E-state index >= 15 is 0 Å². The smallest absolute Gasteiger partial charge is 0.410 e. The summed E-state index contributed by atoms with van der Waals surface area (Å²) in [5, 5.41) is 0. The molecule has 3 aromatic rings. The van der Waals surface area contributed by atoms with E-state index in [0.29, 0.717) is 43.1 Å². The molecular weight excluding hydrogens is 619 g/mol. The zero-order valence-corrected chi connectivity index (χ0v) is 31.1. The molecule has 2 amide bonds. The SMILES string of the molecule is CCN(C(=O)c1cc(F)ccc1-c1cc(C2CN([C@@H](CCCN3CCN(C(=O)OC(C)(C)C)CC3)C(C)C)C2)cn2c(C)ncc12)C(C)C. The summed E-state index contributed by atoms with van der Waals surface area (Å²) in [7, 11) is 0. The van der Waals surface area contributed by atoms with Gasteiger partial charge in [-0.1, -0.05) is 19.9 Å². The molecule has 2 saturated heterocycles. The summed E-state index contributed by atoms with van der Waals surface area (Å²) in [6.07, 6.45) is 6.09. The quantitative estimate of drug-likeness (QED) is 0.216. The minimum Gasteiger partial charge on any atom is -0.444 e. The summed E-state index contributed by atoms with van der Waals surface area (Å²) in [5.41, 5.74) is 3.68. The molecule has 9 nitrogen and oxygen atoms in total. The van der Waals surface area contributed by atoms with Crippen molar-refractivity contribution in [2.45, 2.75) is 98.8 Å². The number of imidazole rings is 1. The molecule has 0 saturated carbocycles. The number of carbonyl (C=O) groups is 2. The maximum absolute atomic E-state index is 14.6. The minimum absolute atomic E-state index is 0.00132. The number of aryl methyl sites for hydroxylation is 1. The van der Waals surface area contributed by atoms with Crippen LogP contribution in [0.5, 0.6) is 0 Å². The molecule has 49 heavy (non-hydrogen) atoms. The lowest BCUT2D eigenvalue weighted by molar-refractivity contribution is 0.0137. The van der Waals surface area contributed by atoms with E-state index < -0.39 is 11.4 Å². The molecule has 0 bridgehead atoms. The minimum atomic E-state index is -0.472. The van der Waals surface area contributed by atoms with Crippen molar-refractivity contribution >= 4 is 17.5 Å². The Balaban J connectivity index is 1.26. The summed E-state index contributed by atoms with van der Waals surface area (Å²) < 4.78 is 22.3. The van der Waals surface area contributed by atoms with E-state index in [4.69, 9.17) is 4.74 Å². The number of likely N-dealkylation sites (tertiary alicyclic amines) is 1. The number of rotatable bonds is 11. The van der Waals surface area contributed by atoms with Crippen molar-refractivity contribution in [3.05, 3.63) is 59.4 Å². The second-order valence-corrected chi connectivity index (χ2v) is 15.5. The molecule has 0 radical (unpaired) electrons. The van der Waals surface area contributed by atoms with Crippen LogP contribution in [0.25, 0.3) is 16.6 Å². The fourth-order valence-electron chi connectivity index (χ4n) is 7.44. The van der Waals surface area contributed by atoms with E-state index in [9.17, 15) is 14.0 Å². The van der Waals surface area contributed by atoms with E-state index in [1.54, 1.807) is 11.0 Å². The van der Waals surface area contributed by atoms with Gasteiger partial charge in [0.2, 0.25) is 0 Å². The third kappa shape index (κ3) is 8.46. The molecule has 1 atom stereocenters. The highest BCUT2D eigenvalue weighted by Gasteiger charge is 2.35. The average Bonchev–Trinajstić information content (AvgIpc) is 3.39. The van der Waals surface area contributed by atoms with Gasteiger partial charge < -0.3 is 18.9 Å². The van der Waals surface area contributed by atoms with Crippen molar-refractivity contribution in [1.82, 2.24) is 29.0 Å². The van der Waals surface area contributed by atoms with Gasteiger partial charge >= 0.3 is 6.09 Å². The van der Waals surface area contributed by atoms with E-state index in [1.807, 2.05) is 59.6 Å². The number of hydrogen-bond donors (Lipinski definition) is 0. The molecule has 0 aliphatic carbocycles. The third-order valence-corrected chi connectivity index (χ3v) is 10.2. The van der Waals surface area contributed by atoms with Gasteiger partial charge in [0.1, 0.15) is 17.2 Å². The molecule has 2 aliphatic rings. The zero-order valence-electron chi connectivity index (χ0n) is 31.1. The number of benzene rings is 1. The molecule has 0 N–H and O–H groups in total. The first-order chi connectivity index (χ1) is 23.2. The molecule has 2 fully saturated rings. The highest BCUT2D eigenvalue weighted by Crippen LogP contribution is 2.37. The average molecular weight is 677 g/mol. The van der Waals surface area contributed by atoms with Gasteiger partial charge in [-0.15, -0.1) is 0 Å². The van der Waals surface area contributed by atoms with Gasteiger partial charge in [-0.3, -0.25) is 14.6 Å². The molecule has 0 unspecified atom stereocenters. The summed E-state index contributed by atoms with van der Waals surface area (Å²) in [4.78, 5) is 39.5. The van der Waals surface area contributed by atoms with Crippen LogP contribution in [0.1, 0.15) is 95.9 Å². The molecule has 5 rings (SSSR count). The number of fused-ring (bicyclic) bond motifs is 1. The molecule has 4 heterocycles. The number of pyridine rings is 1. The standard InChI is InChI=1S/C39H57FN6O3/c1-10-45(27(4)5)37(47)34-21-31(40)13-14-32(34)33-20-29(25-46-28(6)41-22-36(33)46)30-23-44(24-30)35(26(2)3)12-11-15-42-16-18-43(19-17-42)38(48)49-39(7,8)9/h13-14,20-22,25-27,30,35H,10-12,15-19,23-24H2,1-9H3/t35-/m0/s1. The summed E-state index contributed by atoms with van der Waals surface area (Å²) >= 11 is 0. The molecule has 0 spiro atoms. The Kier molecular flexibility index (Phi) is 11.4. The van der Waals surface area contributed by atoms with Gasteiger partial charge in [-0.2, -0.15) is 0 Å². The van der Waals surface area contributed by atoms with Crippen LogP contribution in [0.3, 0.4) is 0 Å². The Bertz CT molecular complexity index is 1610. The number of ether oxygens (including phenoxy) is 1. The van der Waals surface area contributed by atoms with Crippen LogP contribution in [0.15, 0.2) is 36.7 Å². The first kappa shape index (κ1) is 36.8. The molecule has 268 valence electrons. The van der Waals surface area contributed by atoms with Crippen molar-refractivity contribution in [3.63, 3.8) is 0 Å². The Morgan fingerprint density at radius 3 is 2.35 bits per heavy atom. The van der Waals surface area contributed by atoms with Crippen LogP contribution in [-0.2, 0) is 4.74 Å². The van der Waals surface area contributed by atoms with Crippen molar-refractivity contribution in [2.24, 2.45) is 5.92 Å². The molecular formula is C39H57FN6O3. The van der Waals surface area contributed by atoms with Crippen LogP contribution in [-0.4, -0.2) is 111 Å². The van der Waals surface area contributed by atoms with Crippen molar-refractivity contribution < 1.29 is 18.7 Å². The second kappa shape index (κ2) is 15.2. The van der Waals surface area contributed by atoms with E-state index in [1.165, 1.54) is 17.7 Å². The monoisotopic (exact) mass is 676 g/mol. The first-order valence-electron chi connectivity index (χ1n) is 18.2. The molecule has 2 aliphatic heterocycles. The second-order valence-electron chi connectivity index (χ2n) is 15.5. The number of carbonyl (C=O) groups excluding carboxylic acids is 2. The maximum atomic E-state index is 14.6.